The van der Waals surface area contributed by atoms with E-state index >= 15 is 0 Å². The summed E-state index contributed by atoms with van der Waals surface area (Å²) in [5, 5.41) is 15.3. The highest BCUT2D eigenvalue weighted by Crippen LogP contribution is 2.19. The van der Waals surface area contributed by atoms with Crippen molar-refractivity contribution in [3.05, 3.63) is 24.3 Å². The number of hydrogen-bond acceptors (Lipinski definition) is 6. The monoisotopic (exact) mass is 339 g/mol. The molecule has 1 aromatic carbocycles. The van der Waals surface area contributed by atoms with Gasteiger partial charge in [0.1, 0.15) is 5.40 Å². The molecule has 1 unspecified atom stereocenters. The highest BCUT2D eigenvalue weighted by Gasteiger charge is 2.30. The van der Waals surface area contributed by atoms with E-state index < -0.39 is 27.7 Å². The molecule has 116 valence electrons. The van der Waals surface area contributed by atoms with Gasteiger partial charge in [0, 0.05) is 16.6 Å². The molecule has 0 radical (unpaired) electrons. The number of thiocyanates is 1. The minimum atomic E-state index is -3.11. The molecule has 1 aromatic rings. The van der Waals surface area contributed by atoms with E-state index in [0.29, 0.717) is 12.1 Å². The third-order valence-corrected chi connectivity index (χ3v) is 5.42. The summed E-state index contributed by atoms with van der Waals surface area (Å²) in [5.41, 5.74) is 0.418. The first-order chi connectivity index (χ1) is 10.4. The lowest BCUT2D eigenvalue weighted by molar-refractivity contribution is -0.136. The van der Waals surface area contributed by atoms with E-state index in [-0.39, 0.29) is 11.5 Å². The molecule has 1 aliphatic rings. The first kappa shape index (κ1) is 16.3. The Morgan fingerprint density at radius 2 is 1.91 bits per heavy atom. The van der Waals surface area contributed by atoms with Crippen LogP contribution in [0.25, 0.3) is 0 Å². The Morgan fingerprint density at radius 3 is 2.45 bits per heavy atom. The lowest BCUT2D eigenvalue weighted by Crippen LogP contribution is -2.42. The molecule has 1 atom stereocenters. The van der Waals surface area contributed by atoms with Crippen molar-refractivity contribution in [2.75, 3.05) is 16.8 Å². The SMILES string of the molecule is N#CSc1ccc(NC(=O)C(=O)NC2CCS(=O)(=O)C2)cc1. The predicted molar refractivity (Wildman–Crippen MR) is 81.7 cm³/mol. The minimum absolute atomic E-state index is 0.0254. The Bertz CT molecular complexity index is 723. The van der Waals surface area contributed by atoms with Crippen LogP contribution in [-0.2, 0) is 19.4 Å². The summed E-state index contributed by atoms with van der Waals surface area (Å²) in [5.74, 6) is -1.83. The third kappa shape index (κ3) is 4.47. The molecule has 1 saturated heterocycles. The number of benzene rings is 1. The summed E-state index contributed by atoms with van der Waals surface area (Å²) < 4.78 is 22.6. The zero-order valence-corrected chi connectivity index (χ0v) is 13.0. The van der Waals surface area contributed by atoms with Crippen LogP contribution < -0.4 is 10.6 Å². The minimum Gasteiger partial charge on any atom is -0.344 e. The molecule has 1 aliphatic heterocycles. The van der Waals surface area contributed by atoms with Gasteiger partial charge in [-0.25, -0.2) is 8.42 Å². The number of anilines is 1. The number of amides is 2. The van der Waals surface area contributed by atoms with Gasteiger partial charge in [-0.3, -0.25) is 9.59 Å². The summed E-state index contributed by atoms with van der Waals surface area (Å²) in [6, 6.07) is 5.92. The summed E-state index contributed by atoms with van der Waals surface area (Å²) in [7, 11) is -3.11. The van der Waals surface area contributed by atoms with E-state index in [4.69, 9.17) is 5.26 Å². The Hall–Kier alpha value is -2.05. The maximum Gasteiger partial charge on any atom is 0.313 e. The van der Waals surface area contributed by atoms with E-state index in [0.717, 1.165) is 16.7 Å². The van der Waals surface area contributed by atoms with Gasteiger partial charge >= 0.3 is 11.8 Å². The summed E-state index contributed by atoms with van der Waals surface area (Å²) in [4.78, 5) is 24.2. The second kappa shape index (κ2) is 6.81. The van der Waals surface area contributed by atoms with E-state index in [1.165, 1.54) is 0 Å². The molecule has 7 nitrogen and oxygen atoms in total. The van der Waals surface area contributed by atoms with Crippen molar-refractivity contribution in [1.82, 2.24) is 5.32 Å². The average Bonchev–Trinajstić information content (AvgIpc) is 2.80. The highest BCUT2D eigenvalue weighted by molar-refractivity contribution is 8.03. The van der Waals surface area contributed by atoms with Crippen LogP contribution in [0.15, 0.2) is 29.2 Å². The van der Waals surface area contributed by atoms with E-state index in [1.54, 1.807) is 24.3 Å². The van der Waals surface area contributed by atoms with Crippen molar-refractivity contribution < 1.29 is 18.0 Å². The van der Waals surface area contributed by atoms with Crippen LogP contribution in [0.2, 0.25) is 0 Å². The van der Waals surface area contributed by atoms with Crippen LogP contribution in [0.4, 0.5) is 5.69 Å². The molecule has 0 saturated carbocycles. The Morgan fingerprint density at radius 1 is 1.23 bits per heavy atom. The fourth-order valence-corrected chi connectivity index (χ4v) is 4.06. The van der Waals surface area contributed by atoms with E-state index in [1.807, 2.05) is 5.40 Å². The highest BCUT2D eigenvalue weighted by atomic mass is 32.2. The van der Waals surface area contributed by atoms with Crippen molar-refractivity contribution in [2.24, 2.45) is 0 Å². The van der Waals surface area contributed by atoms with Crippen LogP contribution in [0, 0.1) is 10.7 Å². The lowest BCUT2D eigenvalue weighted by Gasteiger charge is -2.10. The maximum absolute atomic E-state index is 11.7. The number of carbonyl (C=O) groups excluding carboxylic acids is 2. The van der Waals surface area contributed by atoms with Gasteiger partial charge in [0.2, 0.25) is 0 Å². The van der Waals surface area contributed by atoms with Crippen molar-refractivity contribution in [3.63, 3.8) is 0 Å². The molecular formula is C13H13N3O4S2. The van der Waals surface area contributed by atoms with Gasteiger partial charge in [-0.05, 0) is 42.4 Å². The topological polar surface area (TPSA) is 116 Å². The number of hydrogen-bond donors (Lipinski definition) is 2. The van der Waals surface area contributed by atoms with Crippen LogP contribution in [-0.4, -0.2) is 37.8 Å². The summed E-state index contributed by atoms with van der Waals surface area (Å²) in [6.45, 7) is 0. The quantitative estimate of drug-likeness (QED) is 0.471. The lowest BCUT2D eigenvalue weighted by atomic mass is 10.2. The Labute approximate surface area is 132 Å². The average molecular weight is 339 g/mol. The fourth-order valence-electron chi connectivity index (χ4n) is 2.01. The smallest absolute Gasteiger partial charge is 0.313 e. The van der Waals surface area contributed by atoms with Gasteiger partial charge in [0.05, 0.1) is 11.5 Å². The number of sulfone groups is 1. The zero-order chi connectivity index (χ0) is 16.2. The number of carbonyl (C=O) groups is 2. The van der Waals surface area contributed by atoms with Crippen LogP contribution >= 0.6 is 11.8 Å². The van der Waals surface area contributed by atoms with Gasteiger partial charge in [0.15, 0.2) is 9.84 Å². The molecular weight excluding hydrogens is 326 g/mol. The van der Waals surface area contributed by atoms with Crippen LogP contribution in [0.1, 0.15) is 6.42 Å². The second-order valence-electron chi connectivity index (χ2n) is 4.75. The molecule has 1 heterocycles. The molecule has 22 heavy (non-hydrogen) atoms. The summed E-state index contributed by atoms with van der Waals surface area (Å²) >= 11 is 0.987. The Kier molecular flexibility index (Phi) is 5.05. The predicted octanol–water partition coefficient (Wildman–Crippen LogP) is 0.502. The van der Waals surface area contributed by atoms with Crippen molar-refractivity contribution >= 4 is 39.1 Å². The van der Waals surface area contributed by atoms with Gasteiger partial charge in [-0.2, -0.15) is 5.26 Å². The Balaban J connectivity index is 1.89. The normalized spacial score (nSPS) is 19.1. The second-order valence-corrected chi connectivity index (χ2v) is 7.83. The molecule has 2 N–H and O–H groups in total. The van der Waals surface area contributed by atoms with E-state index in [9.17, 15) is 18.0 Å². The van der Waals surface area contributed by atoms with Gasteiger partial charge in [-0.15, -0.1) is 0 Å². The number of nitriles is 1. The van der Waals surface area contributed by atoms with Crippen molar-refractivity contribution in [3.8, 4) is 5.40 Å². The number of nitrogens with zero attached hydrogens (tertiary/aromatic N) is 1. The van der Waals surface area contributed by atoms with Gasteiger partial charge in [0.25, 0.3) is 0 Å². The molecule has 2 rings (SSSR count). The number of rotatable bonds is 3. The first-order valence-corrected chi connectivity index (χ1v) is 9.02. The maximum atomic E-state index is 11.7. The molecule has 0 aromatic heterocycles. The largest absolute Gasteiger partial charge is 0.344 e. The molecule has 0 aliphatic carbocycles. The molecule has 1 fully saturated rings. The zero-order valence-electron chi connectivity index (χ0n) is 11.4. The third-order valence-electron chi connectivity index (χ3n) is 3.05. The van der Waals surface area contributed by atoms with Crippen molar-refractivity contribution in [1.29, 1.82) is 5.26 Å². The van der Waals surface area contributed by atoms with Crippen LogP contribution in [0.3, 0.4) is 0 Å². The number of nitrogens with one attached hydrogen (secondary N) is 2. The standard InChI is InChI=1S/C13H13N3O4S2/c14-8-21-11-3-1-9(2-4-11)15-12(17)13(18)16-10-5-6-22(19,20)7-10/h1-4,10H,5-7H2,(H,15,17)(H,16,18). The molecule has 0 spiro atoms. The fraction of sp³-hybridized carbons (Fsp3) is 0.308. The molecule has 9 heteroatoms. The summed E-state index contributed by atoms with van der Waals surface area (Å²) in [6.07, 6.45) is 0.321. The van der Waals surface area contributed by atoms with Gasteiger partial charge in [-0.1, -0.05) is 0 Å². The van der Waals surface area contributed by atoms with Crippen LogP contribution in [0.5, 0.6) is 0 Å². The first-order valence-electron chi connectivity index (χ1n) is 6.38. The molecule has 0 bridgehead atoms. The van der Waals surface area contributed by atoms with Gasteiger partial charge < -0.3 is 10.6 Å². The number of thioether (sulfide) groups is 1. The van der Waals surface area contributed by atoms with Crippen molar-refractivity contribution in [2.45, 2.75) is 17.4 Å². The van der Waals surface area contributed by atoms with E-state index in [2.05, 4.69) is 10.6 Å². The molecule has 2 amide bonds.